The van der Waals surface area contributed by atoms with Gasteiger partial charge in [-0.15, -0.1) is 0 Å². The molecule has 0 saturated carbocycles. The molecule has 1 amide bonds. The van der Waals surface area contributed by atoms with Gasteiger partial charge in [0.1, 0.15) is 5.83 Å². The Hall–Kier alpha value is -0.783. The fraction of sp³-hybridized carbons (Fsp3) is 0.300. The summed E-state index contributed by atoms with van der Waals surface area (Å²) in [5.41, 5.74) is 0.273. The maximum absolute atomic E-state index is 12.7. The van der Waals surface area contributed by atoms with Gasteiger partial charge in [-0.05, 0) is 6.42 Å². The maximum atomic E-state index is 12.7. The summed E-state index contributed by atoms with van der Waals surface area (Å²) in [7, 11) is 0. The van der Waals surface area contributed by atoms with Gasteiger partial charge in [-0.2, -0.15) is 0 Å². The van der Waals surface area contributed by atoms with Gasteiger partial charge in [0.2, 0.25) is 5.91 Å². The van der Waals surface area contributed by atoms with E-state index in [4.69, 9.17) is 0 Å². The zero-order valence-electron chi connectivity index (χ0n) is 9.42. The Morgan fingerprint density at radius 1 is 1.64 bits per heavy atom. The monoisotopic (exact) mass is 189 g/mol. The zero-order chi connectivity index (χ0) is 9.84. The third-order valence-corrected chi connectivity index (χ3v) is 1.94. The van der Waals surface area contributed by atoms with E-state index in [0.29, 0.717) is 13.0 Å². The molecule has 1 heterocycles. The molecule has 0 radical (unpaired) electrons. The summed E-state index contributed by atoms with van der Waals surface area (Å²) in [6.45, 7) is 7.25. The number of likely N-dealkylation sites (tertiary alicyclic amines) is 1. The summed E-state index contributed by atoms with van der Waals surface area (Å²) in [6, 6.07) is 0. The standard InChI is InChI=1S/C10H12FNO.Li.H/c1-3-9(8(2)11)7-12-6-4-5-10(12)13;;/h3,7H,1-2,4-6H2;;/q;+1;-1. The van der Waals surface area contributed by atoms with Gasteiger partial charge in [-0.3, -0.25) is 4.79 Å². The third-order valence-electron chi connectivity index (χ3n) is 1.94. The molecule has 0 aliphatic carbocycles. The average Bonchev–Trinajstić information content (AvgIpc) is 2.46. The van der Waals surface area contributed by atoms with Gasteiger partial charge in [-0.1, -0.05) is 19.2 Å². The average molecular weight is 189 g/mol. The summed E-state index contributed by atoms with van der Waals surface area (Å²) >= 11 is 0. The number of carbonyl (C=O) groups is 1. The van der Waals surface area contributed by atoms with Gasteiger partial charge in [0.05, 0.1) is 0 Å². The first-order chi connectivity index (χ1) is 6.15. The van der Waals surface area contributed by atoms with Crippen LogP contribution < -0.4 is 18.9 Å². The molecule has 0 bridgehead atoms. The van der Waals surface area contributed by atoms with Crippen LogP contribution in [0, 0.1) is 0 Å². The smallest absolute Gasteiger partial charge is 1.00 e. The number of allylic oxidation sites excluding steroid dienone is 3. The fourth-order valence-electron chi connectivity index (χ4n) is 1.21. The number of rotatable bonds is 3. The molecule has 0 aromatic rings. The first-order valence-electron chi connectivity index (χ1n) is 4.13. The van der Waals surface area contributed by atoms with Crippen molar-refractivity contribution in [2.24, 2.45) is 0 Å². The summed E-state index contributed by atoms with van der Waals surface area (Å²) in [4.78, 5) is 12.6. The molecule has 72 valence electrons. The summed E-state index contributed by atoms with van der Waals surface area (Å²) in [5.74, 6) is -0.532. The summed E-state index contributed by atoms with van der Waals surface area (Å²) in [5, 5.41) is 0. The topological polar surface area (TPSA) is 20.3 Å². The van der Waals surface area contributed by atoms with Gasteiger partial charge in [0.15, 0.2) is 0 Å². The third kappa shape index (κ3) is 3.17. The number of amides is 1. The van der Waals surface area contributed by atoms with Crippen molar-refractivity contribution >= 4 is 5.91 Å². The molecule has 1 aliphatic rings. The van der Waals surface area contributed by atoms with Crippen molar-refractivity contribution in [3.8, 4) is 0 Å². The second-order valence-corrected chi connectivity index (χ2v) is 2.88. The molecular formula is C10H13FLiNO. The van der Waals surface area contributed by atoms with Crippen molar-refractivity contribution in [3.05, 3.63) is 36.8 Å². The largest absolute Gasteiger partial charge is 1.00 e. The van der Waals surface area contributed by atoms with Crippen LogP contribution in [-0.4, -0.2) is 17.4 Å². The van der Waals surface area contributed by atoms with Crippen LogP contribution >= 0.6 is 0 Å². The first-order valence-corrected chi connectivity index (χ1v) is 4.13. The molecule has 0 spiro atoms. The fourth-order valence-corrected chi connectivity index (χ4v) is 1.21. The van der Waals surface area contributed by atoms with Gasteiger partial charge in [0, 0.05) is 24.7 Å². The number of halogens is 1. The van der Waals surface area contributed by atoms with Crippen molar-refractivity contribution in [2.45, 2.75) is 12.8 Å². The van der Waals surface area contributed by atoms with Crippen LogP contribution in [0.1, 0.15) is 14.3 Å². The van der Waals surface area contributed by atoms with Crippen molar-refractivity contribution in [2.75, 3.05) is 6.54 Å². The Balaban J connectivity index is 0. The van der Waals surface area contributed by atoms with Crippen molar-refractivity contribution in [3.63, 3.8) is 0 Å². The van der Waals surface area contributed by atoms with E-state index in [-0.39, 0.29) is 31.8 Å². The normalized spacial score (nSPS) is 16.5. The minimum atomic E-state index is -0.560. The maximum Gasteiger partial charge on any atom is 1.00 e. The molecule has 0 aromatic heterocycles. The van der Waals surface area contributed by atoms with Crippen LogP contribution in [0.25, 0.3) is 0 Å². The van der Waals surface area contributed by atoms with E-state index in [1.165, 1.54) is 17.2 Å². The number of hydrogen-bond donors (Lipinski definition) is 0. The predicted octanol–water partition coefficient (Wildman–Crippen LogP) is -0.722. The Labute approximate surface area is 96.8 Å². The Kier molecular flexibility index (Phi) is 5.52. The summed E-state index contributed by atoms with van der Waals surface area (Å²) in [6.07, 6.45) is 4.19. The zero-order valence-corrected chi connectivity index (χ0v) is 8.42. The van der Waals surface area contributed by atoms with E-state index in [1.807, 2.05) is 0 Å². The number of nitrogens with zero attached hydrogens (tertiary/aromatic N) is 1. The molecule has 0 aromatic carbocycles. The second-order valence-electron chi connectivity index (χ2n) is 2.88. The van der Waals surface area contributed by atoms with E-state index in [0.717, 1.165) is 6.42 Å². The van der Waals surface area contributed by atoms with Crippen molar-refractivity contribution < 1.29 is 29.5 Å². The molecule has 1 aliphatic heterocycles. The molecule has 0 unspecified atom stereocenters. The van der Waals surface area contributed by atoms with Gasteiger partial charge in [0.25, 0.3) is 0 Å². The quantitative estimate of drug-likeness (QED) is 0.424. The Morgan fingerprint density at radius 3 is 2.64 bits per heavy atom. The van der Waals surface area contributed by atoms with E-state index in [1.54, 1.807) is 0 Å². The van der Waals surface area contributed by atoms with Crippen LogP contribution in [0.3, 0.4) is 0 Å². The van der Waals surface area contributed by atoms with Crippen LogP contribution in [0.5, 0.6) is 0 Å². The second kappa shape index (κ2) is 5.85. The van der Waals surface area contributed by atoms with Crippen LogP contribution in [0.2, 0.25) is 0 Å². The number of hydrogen-bond acceptors (Lipinski definition) is 1. The van der Waals surface area contributed by atoms with E-state index in [9.17, 15) is 9.18 Å². The molecule has 1 saturated heterocycles. The van der Waals surface area contributed by atoms with Gasteiger partial charge < -0.3 is 6.33 Å². The van der Waals surface area contributed by atoms with Gasteiger partial charge >= 0.3 is 18.9 Å². The first kappa shape index (κ1) is 13.2. The minimum absolute atomic E-state index is 0. The Morgan fingerprint density at radius 2 is 2.29 bits per heavy atom. The van der Waals surface area contributed by atoms with Crippen LogP contribution in [0.15, 0.2) is 36.8 Å². The summed E-state index contributed by atoms with van der Waals surface area (Å²) < 4.78 is 12.7. The SMILES string of the molecule is C=CC(=CN1CCCC1=O)C(=C)F.[H-].[Li+]. The molecular weight excluding hydrogens is 176 g/mol. The molecule has 0 N–H and O–H groups in total. The predicted molar refractivity (Wildman–Crippen MR) is 50.6 cm³/mol. The van der Waals surface area contributed by atoms with Gasteiger partial charge in [-0.25, -0.2) is 4.39 Å². The van der Waals surface area contributed by atoms with Crippen molar-refractivity contribution in [1.29, 1.82) is 0 Å². The van der Waals surface area contributed by atoms with E-state index in [2.05, 4.69) is 13.2 Å². The molecule has 2 nitrogen and oxygen atoms in total. The molecule has 1 rings (SSSR count). The van der Waals surface area contributed by atoms with Crippen LogP contribution in [0.4, 0.5) is 4.39 Å². The minimum Gasteiger partial charge on any atom is -1.00 e. The Bertz CT molecular complexity index is 291. The molecule has 1 fully saturated rings. The van der Waals surface area contributed by atoms with E-state index >= 15 is 0 Å². The van der Waals surface area contributed by atoms with E-state index < -0.39 is 5.83 Å². The molecule has 0 atom stereocenters. The number of carbonyl (C=O) groups excluding carboxylic acids is 1. The van der Waals surface area contributed by atoms with Crippen LogP contribution in [-0.2, 0) is 4.79 Å². The van der Waals surface area contributed by atoms with Crippen molar-refractivity contribution in [1.82, 2.24) is 4.90 Å². The molecule has 4 heteroatoms. The molecule has 14 heavy (non-hydrogen) atoms.